The predicted molar refractivity (Wildman–Crippen MR) is 115 cm³/mol. The molecule has 0 aliphatic carbocycles. The molecule has 1 saturated heterocycles. The van der Waals surface area contributed by atoms with E-state index in [1.165, 1.54) is 0 Å². The Morgan fingerprint density at radius 1 is 1.13 bits per heavy atom. The maximum absolute atomic E-state index is 14.4. The van der Waals surface area contributed by atoms with Crippen molar-refractivity contribution in [2.45, 2.75) is 18.6 Å². The Bertz CT molecular complexity index is 1210. The Hall–Kier alpha value is -3.33. The highest BCUT2D eigenvalue weighted by atomic mass is 19.1. The molecule has 2 atom stereocenters. The van der Waals surface area contributed by atoms with Crippen LogP contribution < -0.4 is 10.6 Å². The second kappa shape index (κ2) is 7.49. The van der Waals surface area contributed by atoms with Crippen molar-refractivity contribution in [3.8, 4) is 11.3 Å². The van der Waals surface area contributed by atoms with Gasteiger partial charge in [-0.1, -0.05) is 0 Å². The molecule has 154 valence electrons. The number of nitrogens with one attached hydrogen (secondary N) is 2. The second-order valence-corrected chi connectivity index (χ2v) is 7.61. The van der Waals surface area contributed by atoms with E-state index in [-0.39, 0.29) is 6.04 Å². The third-order valence-corrected chi connectivity index (χ3v) is 5.54. The zero-order chi connectivity index (χ0) is 20.7. The number of likely N-dealkylation sites (tertiary alicyclic amines) is 1. The van der Waals surface area contributed by atoms with E-state index in [1.807, 2.05) is 55.5 Å². The average molecular weight is 406 g/mol. The molecule has 0 unspecified atom stereocenters. The average Bonchev–Trinajstić information content (AvgIpc) is 3.19. The molecule has 0 spiro atoms. The minimum Gasteiger partial charge on any atom is -0.371 e. The van der Waals surface area contributed by atoms with Crippen LogP contribution in [-0.2, 0) is 0 Å². The number of hydrogen-bond donors (Lipinski definition) is 2. The molecule has 5 rings (SSSR count). The van der Waals surface area contributed by atoms with Gasteiger partial charge in [-0.25, -0.2) is 13.9 Å². The first kappa shape index (κ1) is 18.7. The molecule has 0 radical (unpaired) electrons. The van der Waals surface area contributed by atoms with Crippen LogP contribution in [-0.4, -0.2) is 68.9 Å². The molecule has 0 saturated carbocycles. The van der Waals surface area contributed by atoms with Crippen LogP contribution in [0.1, 0.15) is 6.42 Å². The van der Waals surface area contributed by atoms with Gasteiger partial charge in [-0.2, -0.15) is 4.98 Å². The van der Waals surface area contributed by atoms with Crippen LogP contribution in [0.15, 0.2) is 42.7 Å². The summed E-state index contributed by atoms with van der Waals surface area (Å²) in [5.41, 5.74) is 4.23. The monoisotopic (exact) mass is 406 g/mol. The van der Waals surface area contributed by atoms with Crippen LogP contribution >= 0.6 is 0 Å². The lowest BCUT2D eigenvalue weighted by atomic mass is 10.0. The number of hydrogen-bond acceptors (Lipinski definition) is 7. The Balaban J connectivity index is 1.52. The lowest BCUT2D eigenvalue weighted by Gasteiger charge is -2.32. The Morgan fingerprint density at radius 2 is 2.03 bits per heavy atom. The van der Waals surface area contributed by atoms with E-state index in [0.717, 1.165) is 34.4 Å². The van der Waals surface area contributed by atoms with Crippen molar-refractivity contribution < 1.29 is 4.39 Å². The molecule has 0 aromatic carbocycles. The van der Waals surface area contributed by atoms with E-state index in [0.29, 0.717) is 24.7 Å². The highest BCUT2D eigenvalue weighted by Crippen LogP contribution is 2.30. The lowest BCUT2D eigenvalue weighted by molar-refractivity contribution is 0.149. The Labute approximate surface area is 173 Å². The summed E-state index contributed by atoms with van der Waals surface area (Å²) in [5.74, 6) is 1.06. The first-order valence-corrected chi connectivity index (χ1v) is 10.0. The summed E-state index contributed by atoms with van der Waals surface area (Å²) in [6.45, 7) is 1.25. The predicted octanol–water partition coefficient (Wildman–Crippen LogP) is 2.84. The summed E-state index contributed by atoms with van der Waals surface area (Å²) in [7, 11) is 3.75. The molecule has 4 aromatic heterocycles. The van der Waals surface area contributed by atoms with E-state index in [2.05, 4.69) is 25.7 Å². The molecule has 9 heteroatoms. The Kier molecular flexibility index (Phi) is 4.66. The molecule has 1 fully saturated rings. The fourth-order valence-electron chi connectivity index (χ4n) is 3.96. The van der Waals surface area contributed by atoms with E-state index in [1.54, 1.807) is 10.7 Å². The standard InChI is InChI=1S/C21H23FN8/c1-23-20-19-13(15-5-6-17-18(25-15)4-3-9-24-17)7-11-30(19)28-21(27-20)26-16-8-10-29(2)12-14(16)22/h3-7,9,11,14,16H,8,10,12H2,1-2H3,(H2,23,26,27,28)/t14-,16+/m1/s1. The van der Waals surface area contributed by atoms with Crippen LogP contribution in [0.5, 0.6) is 0 Å². The Morgan fingerprint density at radius 3 is 2.87 bits per heavy atom. The molecule has 1 aliphatic rings. The number of alkyl halides is 1. The minimum atomic E-state index is -0.961. The topological polar surface area (TPSA) is 83.3 Å². The van der Waals surface area contributed by atoms with Crippen molar-refractivity contribution in [3.63, 3.8) is 0 Å². The van der Waals surface area contributed by atoms with Gasteiger partial charge >= 0.3 is 0 Å². The van der Waals surface area contributed by atoms with Crippen LogP contribution in [0, 0.1) is 0 Å². The zero-order valence-electron chi connectivity index (χ0n) is 16.9. The molecule has 5 heterocycles. The van der Waals surface area contributed by atoms with Crippen molar-refractivity contribution in [2.75, 3.05) is 37.8 Å². The van der Waals surface area contributed by atoms with E-state index in [9.17, 15) is 4.39 Å². The summed E-state index contributed by atoms with van der Waals surface area (Å²) < 4.78 is 16.2. The smallest absolute Gasteiger partial charge is 0.243 e. The van der Waals surface area contributed by atoms with Gasteiger partial charge in [0.15, 0.2) is 5.82 Å². The summed E-state index contributed by atoms with van der Waals surface area (Å²) in [4.78, 5) is 15.7. The van der Waals surface area contributed by atoms with Gasteiger partial charge in [0.25, 0.3) is 0 Å². The fourth-order valence-corrected chi connectivity index (χ4v) is 3.96. The number of rotatable bonds is 4. The van der Waals surface area contributed by atoms with Crippen LogP contribution in [0.2, 0.25) is 0 Å². The minimum absolute atomic E-state index is 0.298. The third-order valence-electron chi connectivity index (χ3n) is 5.54. The third kappa shape index (κ3) is 3.30. The van der Waals surface area contributed by atoms with Gasteiger partial charge in [-0.3, -0.25) is 4.98 Å². The van der Waals surface area contributed by atoms with E-state index < -0.39 is 6.17 Å². The molecule has 0 amide bonds. The van der Waals surface area contributed by atoms with Gasteiger partial charge in [0.05, 0.1) is 22.8 Å². The summed E-state index contributed by atoms with van der Waals surface area (Å²) in [6, 6.07) is 9.38. The van der Waals surface area contributed by atoms with Gasteiger partial charge in [0.2, 0.25) is 5.95 Å². The normalized spacial score (nSPS) is 20.0. The van der Waals surface area contributed by atoms with Crippen LogP contribution in [0.3, 0.4) is 0 Å². The van der Waals surface area contributed by atoms with Crippen molar-refractivity contribution in [1.29, 1.82) is 0 Å². The summed E-state index contributed by atoms with van der Waals surface area (Å²) in [5, 5.41) is 10.9. The van der Waals surface area contributed by atoms with Gasteiger partial charge in [0.1, 0.15) is 11.7 Å². The molecule has 0 bridgehead atoms. The van der Waals surface area contributed by atoms with Crippen molar-refractivity contribution in [3.05, 3.63) is 42.7 Å². The molecule has 4 aromatic rings. The number of anilines is 2. The van der Waals surface area contributed by atoms with E-state index in [4.69, 9.17) is 4.98 Å². The second-order valence-electron chi connectivity index (χ2n) is 7.61. The zero-order valence-corrected chi connectivity index (χ0v) is 16.9. The van der Waals surface area contributed by atoms with Crippen LogP contribution in [0.4, 0.5) is 16.2 Å². The first-order valence-electron chi connectivity index (χ1n) is 10.0. The van der Waals surface area contributed by atoms with Gasteiger partial charge < -0.3 is 15.5 Å². The lowest BCUT2D eigenvalue weighted by Crippen LogP contribution is -2.46. The van der Waals surface area contributed by atoms with E-state index >= 15 is 0 Å². The largest absolute Gasteiger partial charge is 0.371 e. The van der Waals surface area contributed by atoms with Gasteiger partial charge in [0, 0.05) is 38.1 Å². The molecule has 2 N–H and O–H groups in total. The van der Waals surface area contributed by atoms with Gasteiger partial charge in [-0.05, 0) is 43.8 Å². The van der Waals surface area contributed by atoms with Crippen molar-refractivity contribution in [2.24, 2.45) is 0 Å². The number of halogens is 1. The molecular weight excluding hydrogens is 383 g/mol. The summed E-state index contributed by atoms with van der Waals surface area (Å²) >= 11 is 0. The molecular formula is C21H23FN8. The highest BCUT2D eigenvalue weighted by Gasteiger charge is 2.28. The SMILES string of the molecule is CNc1nc(N[C@H]2CCN(C)C[C@H]2F)nn2ccc(-c3ccc4ncccc4n3)c12. The van der Waals surface area contributed by atoms with Crippen molar-refractivity contribution in [1.82, 2.24) is 29.5 Å². The maximum Gasteiger partial charge on any atom is 0.243 e. The maximum atomic E-state index is 14.4. The summed E-state index contributed by atoms with van der Waals surface area (Å²) in [6.07, 6.45) is 3.37. The van der Waals surface area contributed by atoms with Crippen molar-refractivity contribution >= 4 is 28.3 Å². The fraction of sp³-hybridized carbons (Fsp3) is 0.333. The number of fused-ring (bicyclic) bond motifs is 2. The van der Waals surface area contributed by atoms with Gasteiger partial charge in [-0.15, -0.1) is 5.10 Å². The number of nitrogens with zero attached hydrogens (tertiary/aromatic N) is 6. The highest BCUT2D eigenvalue weighted by molar-refractivity contribution is 5.89. The molecule has 8 nitrogen and oxygen atoms in total. The quantitative estimate of drug-likeness (QED) is 0.539. The molecule has 30 heavy (non-hydrogen) atoms. The van der Waals surface area contributed by atoms with Crippen LogP contribution in [0.25, 0.3) is 27.8 Å². The number of pyridine rings is 2. The first-order chi connectivity index (χ1) is 14.6. The number of piperidine rings is 1. The molecule has 1 aliphatic heterocycles. The number of aromatic nitrogens is 5.